The van der Waals surface area contributed by atoms with Crippen LogP contribution in [-0.2, 0) is 11.3 Å². The van der Waals surface area contributed by atoms with Gasteiger partial charge in [0.1, 0.15) is 6.54 Å². The number of likely N-dealkylation sites (tertiary alicyclic amines) is 1. The van der Waals surface area contributed by atoms with Gasteiger partial charge in [-0.15, -0.1) is 0 Å². The van der Waals surface area contributed by atoms with Gasteiger partial charge in [-0.05, 0) is 25.8 Å². The minimum Gasteiger partial charge on any atom is -0.341 e. The highest BCUT2D eigenvalue weighted by atomic mass is 16.2. The van der Waals surface area contributed by atoms with Crippen LogP contribution in [0.5, 0.6) is 0 Å². The molecule has 4 nitrogen and oxygen atoms in total. The molecule has 0 spiro atoms. The highest BCUT2D eigenvalue weighted by molar-refractivity contribution is 5.76. The van der Waals surface area contributed by atoms with Crippen LogP contribution in [-0.4, -0.2) is 33.7 Å². The van der Waals surface area contributed by atoms with Gasteiger partial charge in [-0.3, -0.25) is 9.48 Å². The van der Waals surface area contributed by atoms with Crippen LogP contribution >= 0.6 is 0 Å². The fraction of sp³-hybridized carbons (Fsp3) is 0.600. The van der Waals surface area contributed by atoms with E-state index in [-0.39, 0.29) is 5.91 Å². The third-order valence-electron chi connectivity index (χ3n) is 2.67. The van der Waals surface area contributed by atoms with Crippen LogP contribution in [0.3, 0.4) is 0 Å². The molecule has 2 heterocycles. The lowest BCUT2D eigenvalue weighted by atomic mass is 10.4. The zero-order chi connectivity index (χ0) is 9.97. The summed E-state index contributed by atoms with van der Waals surface area (Å²) in [7, 11) is 0. The van der Waals surface area contributed by atoms with Gasteiger partial charge >= 0.3 is 0 Å². The van der Waals surface area contributed by atoms with Crippen molar-refractivity contribution in [3.05, 3.63) is 18.0 Å². The summed E-state index contributed by atoms with van der Waals surface area (Å²) < 4.78 is 1.75. The molecule has 0 saturated carbocycles. The first-order valence-electron chi connectivity index (χ1n) is 5.03. The number of carbonyl (C=O) groups is 1. The molecule has 0 aliphatic carbocycles. The molecule has 0 unspecified atom stereocenters. The standard InChI is InChI=1S/C10H15N3O/c1-9-4-5-11-13(9)8-10(14)12-6-2-3-7-12/h4-5H,2-3,6-8H2,1H3. The van der Waals surface area contributed by atoms with Gasteiger partial charge < -0.3 is 4.90 Å². The highest BCUT2D eigenvalue weighted by Gasteiger charge is 2.18. The van der Waals surface area contributed by atoms with Gasteiger partial charge in [-0.2, -0.15) is 5.10 Å². The Morgan fingerprint density at radius 2 is 2.21 bits per heavy atom. The molecule has 1 aromatic heterocycles. The van der Waals surface area contributed by atoms with Gasteiger partial charge in [0.2, 0.25) is 5.91 Å². The smallest absolute Gasteiger partial charge is 0.244 e. The summed E-state index contributed by atoms with van der Waals surface area (Å²) in [5, 5.41) is 4.10. The van der Waals surface area contributed by atoms with Gasteiger partial charge in [-0.25, -0.2) is 0 Å². The Kier molecular flexibility index (Phi) is 2.52. The summed E-state index contributed by atoms with van der Waals surface area (Å²) in [5.74, 6) is 0.189. The number of rotatable bonds is 2. The van der Waals surface area contributed by atoms with Crippen molar-refractivity contribution in [2.24, 2.45) is 0 Å². The average Bonchev–Trinajstić information content (AvgIpc) is 2.77. The summed E-state index contributed by atoms with van der Waals surface area (Å²) >= 11 is 0. The van der Waals surface area contributed by atoms with Gasteiger partial charge in [0, 0.05) is 25.0 Å². The maximum atomic E-state index is 11.7. The Labute approximate surface area is 83.5 Å². The maximum Gasteiger partial charge on any atom is 0.244 e. The molecular formula is C10H15N3O. The van der Waals surface area contributed by atoms with Gasteiger partial charge in [-0.1, -0.05) is 0 Å². The molecule has 4 heteroatoms. The summed E-state index contributed by atoms with van der Waals surface area (Å²) in [6, 6.07) is 1.91. The topological polar surface area (TPSA) is 38.1 Å². The van der Waals surface area contributed by atoms with E-state index in [1.165, 1.54) is 0 Å². The Bertz CT molecular complexity index is 326. The van der Waals surface area contributed by atoms with E-state index in [1.807, 2.05) is 17.9 Å². The first-order chi connectivity index (χ1) is 6.77. The predicted octanol–water partition coefficient (Wildman–Crippen LogP) is 0.814. The largest absolute Gasteiger partial charge is 0.341 e. The normalized spacial score (nSPS) is 16.2. The number of aromatic nitrogens is 2. The van der Waals surface area contributed by atoms with Crippen LogP contribution < -0.4 is 0 Å². The summed E-state index contributed by atoms with van der Waals surface area (Å²) in [6.07, 6.45) is 4.01. The zero-order valence-corrected chi connectivity index (χ0v) is 8.44. The van der Waals surface area contributed by atoms with Crippen LogP contribution in [0.1, 0.15) is 18.5 Å². The summed E-state index contributed by atoms with van der Waals surface area (Å²) in [6.45, 7) is 4.18. The molecule has 1 aromatic rings. The van der Waals surface area contributed by atoms with E-state index in [0.717, 1.165) is 31.6 Å². The van der Waals surface area contributed by atoms with Gasteiger partial charge in [0.25, 0.3) is 0 Å². The number of amides is 1. The number of hydrogen-bond acceptors (Lipinski definition) is 2. The Balaban J connectivity index is 1.97. The van der Waals surface area contributed by atoms with E-state index < -0.39 is 0 Å². The molecule has 0 aromatic carbocycles. The first kappa shape index (κ1) is 9.24. The number of carbonyl (C=O) groups excluding carboxylic acids is 1. The second kappa shape index (κ2) is 3.82. The van der Waals surface area contributed by atoms with Crippen molar-refractivity contribution < 1.29 is 4.79 Å². The molecule has 0 atom stereocenters. The molecule has 1 amide bonds. The lowest BCUT2D eigenvalue weighted by molar-refractivity contribution is -0.130. The van der Waals surface area contributed by atoms with Crippen molar-refractivity contribution in [2.75, 3.05) is 13.1 Å². The van der Waals surface area contributed by atoms with Crippen molar-refractivity contribution in [2.45, 2.75) is 26.3 Å². The molecule has 0 bridgehead atoms. The third-order valence-corrected chi connectivity index (χ3v) is 2.67. The molecule has 1 aliphatic rings. The first-order valence-corrected chi connectivity index (χ1v) is 5.03. The Morgan fingerprint density at radius 3 is 2.79 bits per heavy atom. The monoisotopic (exact) mass is 193 g/mol. The molecule has 2 rings (SSSR count). The predicted molar refractivity (Wildman–Crippen MR) is 52.8 cm³/mol. The SMILES string of the molecule is Cc1ccnn1CC(=O)N1CCCC1. The van der Waals surface area contributed by atoms with Crippen molar-refractivity contribution in [3.63, 3.8) is 0 Å². The second-order valence-corrected chi connectivity index (χ2v) is 3.72. The second-order valence-electron chi connectivity index (χ2n) is 3.72. The molecule has 1 saturated heterocycles. The number of nitrogens with zero attached hydrogens (tertiary/aromatic N) is 3. The number of hydrogen-bond donors (Lipinski definition) is 0. The van der Waals surface area contributed by atoms with Crippen molar-refractivity contribution in [3.8, 4) is 0 Å². The van der Waals surface area contributed by atoms with Crippen LogP contribution in [0.4, 0.5) is 0 Å². The van der Waals surface area contributed by atoms with Crippen LogP contribution in [0.15, 0.2) is 12.3 Å². The van der Waals surface area contributed by atoms with E-state index in [2.05, 4.69) is 5.10 Å². The van der Waals surface area contributed by atoms with Crippen molar-refractivity contribution in [1.29, 1.82) is 0 Å². The van der Waals surface area contributed by atoms with Crippen LogP contribution in [0.2, 0.25) is 0 Å². The zero-order valence-electron chi connectivity index (χ0n) is 8.44. The molecule has 1 fully saturated rings. The minimum atomic E-state index is 0.189. The quantitative estimate of drug-likeness (QED) is 0.697. The number of aryl methyl sites for hydroxylation is 1. The van der Waals surface area contributed by atoms with Crippen LogP contribution in [0, 0.1) is 6.92 Å². The lowest BCUT2D eigenvalue weighted by Crippen LogP contribution is -2.31. The van der Waals surface area contributed by atoms with Crippen LogP contribution in [0.25, 0.3) is 0 Å². The highest BCUT2D eigenvalue weighted by Crippen LogP contribution is 2.08. The average molecular weight is 193 g/mol. The molecule has 0 N–H and O–H groups in total. The van der Waals surface area contributed by atoms with E-state index >= 15 is 0 Å². The van der Waals surface area contributed by atoms with Crippen molar-refractivity contribution in [1.82, 2.24) is 14.7 Å². The van der Waals surface area contributed by atoms with Gasteiger partial charge in [0.05, 0.1) is 0 Å². The molecule has 76 valence electrons. The van der Waals surface area contributed by atoms with Gasteiger partial charge in [0.15, 0.2) is 0 Å². The maximum absolute atomic E-state index is 11.7. The summed E-state index contributed by atoms with van der Waals surface area (Å²) in [5.41, 5.74) is 1.04. The van der Waals surface area contributed by atoms with E-state index in [0.29, 0.717) is 6.54 Å². The molecular weight excluding hydrogens is 178 g/mol. The van der Waals surface area contributed by atoms with E-state index in [9.17, 15) is 4.79 Å². The van der Waals surface area contributed by atoms with E-state index in [1.54, 1.807) is 10.9 Å². The summed E-state index contributed by atoms with van der Waals surface area (Å²) in [4.78, 5) is 13.6. The molecule has 0 radical (unpaired) electrons. The lowest BCUT2D eigenvalue weighted by Gasteiger charge is -2.15. The minimum absolute atomic E-state index is 0.189. The fourth-order valence-corrected chi connectivity index (χ4v) is 1.76. The van der Waals surface area contributed by atoms with E-state index in [4.69, 9.17) is 0 Å². The fourth-order valence-electron chi connectivity index (χ4n) is 1.76. The third kappa shape index (κ3) is 1.78. The van der Waals surface area contributed by atoms with Crippen molar-refractivity contribution >= 4 is 5.91 Å². The molecule has 14 heavy (non-hydrogen) atoms. The molecule has 1 aliphatic heterocycles. The Hall–Kier alpha value is -1.32. The Morgan fingerprint density at radius 1 is 1.50 bits per heavy atom.